The van der Waals surface area contributed by atoms with Gasteiger partial charge in [-0.05, 0) is 18.1 Å². The van der Waals surface area contributed by atoms with Gasteiger partial charge in [0, 0.05) is 17.6 Å². The van der Waals surface area contributed by atoms with Gasteiger partial charge in [-0.15, -0.1) is 0 Å². The van der Waals surface area contributed by atoms with E-state index in [0.29, 0.717) is 0 Å². The van der Waals surface area contributed by atoms with Crippen LogP contribution in [0.3, 0.4) is 0 Å². The molecule has 3 heteroatoms. The van der Waals surface area contributed by atoms with Crippen LogP contribution < -0.4 is 10.6 Å². The van der Waals surface area contributed by atoms with E-state index in [1.54, 1.807) is 0 Å². The second-order valence-electron chi connectivity index (χ2n) is 3.54. The van der Waals surface area contributed by atoms with Gasteiger partial charge in [-0.1, -0.05) is 34.6 Å². The molecular weight excluding hydrogens is 240 g/mol. The van der Waals surface area contributed by atoms with Gasteiger partial charge in [0.05, 0.1) is 11.4 Å². The number of anilines is 2. The van der Waals surface area contributed by atoms with Crippen molar-refractivity contribution >= 4 is 27.3 Å². The lowest BCUT2D eigenvalue weighted by Gasteiger charge is -2.20. The van der Waals surface area contributed by atoms with E-state index in [-0.39, 0.29) is 0 Å². The highest BCUT2D eigenvalue weighted by Crippen LogP contribution is 2.34. The number of halogens is 1. The van der Waals surface area contributed by atoms with Crippen molar-refractivity contribution in [1.29, 1.82) is 0 Å². The first-order valence-corrected chi connectivity index (χ1v) is 5.43. The molecule has 2 nitrogen and oxygen atoms in total. The van der Waals surface area contributed by atoms with Gasteiger partial charge in [0.25, 0.3) is 0 Å². The number of fused-ring (bicyclic) bond motifs is 1. The molecule has 1 aliphatic heterocycles. The second-order valence-corrected chi connectivity index (χ2v) is 4.67. The number of nitrogens with two attached hydrogens (primary N) is 1. The molecule has 74 valence electrons. The lowest BCUT2D eigenvalue weighted by Crippen LogP contribution is -2.22. The summed E-state index contributed by atoms with van der Waals surface area (Å²) in [5.74, 6) is 0. The summed E-state index contributed by atoms with van der Waals surface area (Å²) in [6, 6.07) is 6.11. The summed E-state index contributed by atoms with van der Waals surface area (Å²) in [7, 11) is 0. The van der Waals surface area contributed by atoms with Gasteiger partial charge in [0.2, 0.25) is 0 Å². The van der Waals surface area contributed by atoms with Crippen molar-refractivity contribution in [3.05, 3.63) is 34.8 Å². The third-order valence-electron chi connectivity index (χ3n) is 2.48. The average molecular weight is 253 g/mol. The van der Waals surface area contributed by atoms with Crippen LogP contribution in [0, 0.1) is 0 Å². The van der Waals surface area contributed by atoms with E-state index >= 15 is 0 Å². The number of nitrogens with zero attached hydrogens (tertiary/aromatic N) is 1. The van der Waals surface area contributed by atoms with Crippen LogP contribution in [-0.2, 0) is 6.42 Å². The fraction of sp³-hybridized carbons (Fsp3) is 0.273. The number of nitrogen functional groups attached to an aromatic ring is 1. The molecule has 0 spiro atoms. The summed E-state index contributed by atoms with van der Waals surface area (Å²) in [6.07, 6.45) is 1.08. The summed E-state index contributed by atoms with van der Waals surface area (Å²) in [6.45, 7) is 5.73. The van der Waals surface area contributed by atoms with Crippen molar-refractivity contribution in [3.63, 3.8) is 0 Å². The maximum atomic E-state index is 5.95. The molecular formula is C11H13BrN2. The number of hydrogen-bond donors (Lipinski definition) is 1. The van der Waals surface area contributed by atoms with Crippen LogP contribution in [0.1, 0.15) is 5.56 Å². The molecule has 1 aromatic carbocycles. The van der Waals surface area contributed by atoms with Crippen LogP contribution in [0.5, 0.6) is 0 Å². The van der Waals surface area contributed by atoms with Crippen LogP contribution in [0.4, 0.5) is 11.4 Å². The Bertz CT molecular complexity index is 374. The first kappa shape index (κ1) is 9.59. The molecule has 0 saturated heterocycles. The Morgan fingerprint density at radius 2 is 2.36 bits per heavy atom. The van der Waals surface area contributed by atoms with Crippen molar-refractivity contribution in [1.82, 2.24) is 0 Å². The molecule has 0 aliphatic carbocycles. The molecule has 0 radical (unpaired) electrons. The Balaban J connectivity index is 2.33. The molecule has 2 N–H and O–H groups in total. The minimum absolute atomic E-state index is 0.835. The van der Waals surface area contributed by atoms with E-state index < -0.39 is 0 Å². The number of para-hydroxylation sites is 1. The standard InChI is InChI=1S/C11H13BrN2/c1-8(12)7-14-6-5-9-3-2-4-10(13)11(9)14/h2-4H,1,5-7,13H2. The zero-order chi connectivity index (χ0) is 10.1. The fourth-order valence-corrected chi connectivity index (χ4v) is 2.23. The summed E-state index contributed by atoms with van der Waals surface area (Å²) in [4.78, 5) is 2.27. The number of benzene rings is 1. The van der Waals surface area contributed by atoms with Gasteiger partial charge >= 0.3 is 0 Å². The zero-order valence-corrected chi connectivity index (χ0v) is 9.55. The lowest BCUT2D eigenvalue weighted by molar-refractivity contribution is 0.902. The molecule has 0 fully saturated rings. The molecule has 1 aliphatic rings. The fourth-order valence-electron chi connectivity index (χ4n) is 1.93. The molecule has 0 amide bonds. The van der Waals surface area contributed by atoms with Crippen LogP contribution in [-0.4, -0.2) is 13.1 Å². The largest absolute Gasteiger partial charge is 0.397 e. The molecule has 14 heavy (non-hydrogen) atoms. The van der Waals surface area contributed by atoms with Crippen molar-refractivity contribution in [3.8, 4) is 0 Å². The molecule has 0 bridgehead atoms. The normalized spacial score (nSPS) is 14.2. The summed E-state index contributed by atoms with van der Waals surface area (Å²) in [5.41, 5.74) is 9.35. The van der Waals surface area contributed by atoms with Crippen molar-refractivity contribution < 1.29 is 0 Å². The third kappa shape index (κ3) is 1.64. The van der Waals surface area contributed by atoms with Crippen molar-refractivity contribution in [2.24, 2.45) is 0 Å². The highest BCUT2D eigenvalue weighted by atomic mass is 79.9. The van der Waals surface area contributed by atoms with Gasteiger partial charge in [-0.25, -0.2) is 0 Å². The maximum absolute atomic E-state index is 5.95. The summed E-state index contributed by atoms with van der Waals surface area (Å²) >= 11 is 3.38. The molecule has 1 heterocycles. The van der Waals surface area contributed by atoms with Crippen LogP contribution in [0.2, 0.25) is 0 Å². The van der Waals surface area contributed by atoms with E-state index in [2.05, 4.69) is 33.5 Å². The minimum Gasteiger partial charge on any atom is -0.397 e. The van der Waals surface area contributed by atoms with Crippen LogP contribution >= 0.6 is 15.9 Å². The molecule has 0 aromatic heterocycles. The highest BCUT2D eigenvalue weighted by molar-refractivity contribution is 9.11. The molecule has 1 aromatic rings. The van der Waals surface area contributed by atoms with E-state index in [1.165, 1.54) is 11.3 Å². The van der Waals surface area contributed by atoms with E-state index in [9.17, 15) is 0 Å². The molecule has 2 rings (SSSR count). The average Bonchev–Trinajstić information content (AvgIpc) is 2.49. The number of hydrogen-bond acceptors (Lipinski definition) is 2. The Morgan fingerprint density at radius 1 is 1.57 bits per heavy atom. The van der Waals surface area contributed by atoms with Crippen LogP contribution in [0.25, 0.3) is 0 Å². The highest BCUT2D eigenvalue weighted by Gasteiger charge is 2.20. The zero-order valence-electron chi connectivity index (χ0n) is 7.96. The Kier molecular flexibility index (Phi) is 2.50. The van der Waals surface area contributed by atoms with E-state index in [1.807, 2.05) is 12.1 Å². The van der Waals surface area contributed by atoms with Crippen molar-refractivity contribution in [2.45, 2.75) is 6.42 Å². The smallest absolute Gasteiger partial charge is 0.0636 e. The Labute approximate surface area is 92.5 Å². The lowest BCUT2D eigenvalue weighted by atomic mass is 10.1. The molecule has 0 unspecified atom stereocenters. The molecule has 0 saturated carbocycles. The van der Waals surface area contributed by atoms with Gasteiger partial charge in [0.1, 0.15) is 0 Å². The van der Waals surface area contributed by atoms with E-state index in [0.717, 1.165) is 29.7 Å². The predicted octanol–water partition coefficient (Wildman–Crippen LogP) is 2.54. The topological polar surface area (TPSA) is 29.3 Å². The van der Waals surface area contributed by atoms with Gasteiger partial charge in [0.15, 0.2) is 0 Å². The Hall–Kier alpha value is -0.960. The first-order chi connectivity index (χ1) is 6.68. The summed E-state index contributed by atoms with van der Waals surface area (Å²) in [5, 5.41) is 0. The monoisotopic (exact) mass is 252 g/mol. The van der Waals surface area contributed by atoms with Gasteiger partial charge < -0.3 is 10.6 Å². The van der Waals surface area contributed by atoms with Gasteiger partial charge in [-0.2, -0.15) is 0 Å². The second kappa shape index (κ2) is 3.65. The SMILES string of the molecule is C=C(Br)CN1CCc2cccc(N)c21. The Morgan fingerprint density at radius 3 is 3.07 bits per heavy atom. The van der Waals surface area contributed by atoms with Crippen molar-refractivity contribution in [2.75, 3.05) is 23.7 Å². The molecule has 0 atom stereocenters. The summed E-state index contributed by atoms with van der Waals surface area (Å²) < 4.78 is 0.994. The number of rotatable bonds is 2. The third-order valence-corrected chi connectivity index (χ3v) is 2.73. The van der Waals surface area contributed by atoms with Gasteiger partial charge in [-0.3, -0.25) is 0 Å². The van der Waals surface area contributed by atoms with Crippen LogP contribution in [0.15, 0.2) is 29.3 Å². The first-order valence-electron chi connectivity index (χ1n) is 4.64. The van der Waals surface area contributed by atoms with E-state index in [4.69, 9.17) is 5.73 Å². The predicted molar refractivity (Wildman–Crippen MR) is 64.8 cm³/mol. The minimum atomic E-state index is 0.835. The maximum Gasteiger partial charge on any atom is 0.0636 e. The quantitative estimate of drug-likeness (QED) is 0.820.